The Morgan fingerprint density at radius 1 is 1.36 bits per heavy atom. The summed E-state index contributed by atoms with van der Waals surface area (Å²) >= 11 is 0. The van der Waals surface area contributed by atoms with E-state index in [-0.39, 0.29) is 11.9 Å². The molecule has 14 heavy (non-hydrogen) atoms. The van der Waals surface area contributed by atoms with Gasteiger partial charge in [0.05, 0.1) is 6.04 Å². The van der Waals surface area contributed by atoms with Crippen molar-refractivity contribution in [2.24, 2.45) is 5.73 Å². The van der Waals surface area contributed by atoms with Gasteiger partial charge < -0.3 is 5.73 Å². The summed E-state index contributed by atoms with van der Waals surface area (Å²) in [6, 6.07) is 6.39. The van der Waals surface area contributed by atoms with Gasteiger partial charge in [-0.1, -0.05) is 12.1 Å². The summed E-state index contributed by atoms with van der Waals surface area (Å²) in [4.78, 5) is 0. The summed E-state index contributed by atoms with van der Waals surface area (Å²) in [7, 11) is 3.79. The van der Waals surface area contributed by atoms with Gasteiger partial charge >= 0.3 is 0 Å². The first-order valence-electron chi connectivity index (χ1n) is 4.52. The molecule has 0 radical (unpaired) electrons. The number of hydrogen-bond acceptors (Lipinski definition) is 3. The molecule has 0 amide bonds. The molecule has 1 rings (SSSR count). The molecule has 0 aliphatic rings. The van der Waals surface area contributed by atoms with E-state index in [0.717, 1.165) is 5.56 Å². The summed E-state index contributed by atoms with van der Waals surface area (Å²) in [5.41, 5.74) is 9.75. The fraction of sp³-hybridized carbons (Fsp3) is 0.400. The van der Waals surface area contributed by atoms with Gasteiger partial charge in [-0.2, -0.15) is 0 Å². The van der Waals surface area contributed by atoms with Crippen LogP contribution in [0.1, 0.15) is 11.6 Å². The van der Waals surface area contributed by atoms with Crippen LogP contribution in [0.3, 0.4) is 0 Å². The number of benzene rings is 1. The molecule has 0 saturated heterocycles. The summed E-state index contributed by atoms with van der Waals surface area (Å²) < 4.78 is 12.7. The summed E-state index contributed by atoms with van der Waals surface area (Å²) in [6.07, 6.45) is 0. The second kappa shape index (κ2) is 5.05. The number of nitrogens with zero attached hydrogens (tertiary/aromatic N) is 1. The number of hydrogen-bond donors (Lipinski definition) is 2. The smallest absolute Gasteiger partial charge is 0.123 e. The Balaban J connectivity index is 2.73. The van der Waals surface area contributed by atoms with Gasteiger partial charge in [-0.15, -0.1) is 0 Å². The number of hydrazine groups is 1. The minimum absolute atomic E-state index is 0.0330. The van der Waals surface area contributed by atoms with Gasteiger partial charge in [0.15, 0.2) is 0 Å². The molecule has 3 nitrogen and oxygen atoms in total. The van der Waals surface area contributed by atoms with E-state index in [1.165, 1.54) is 12.1 Å². The highest BCUT2D eigenvalue weighted by atomic mass is 19.1. The molecule has 0 saturated carbocycles. The zero-order valence-corrected chi connectivity index (χ0v) is 8.50. The molecule has 0 spiro atoms. The number of halogens is 1. The normalized spacial score (nSPS) is 13.2. The van der Waals surface area contributed by atoms with Crippen LogP contribution in [0.25, 0.3) is 0 Å². The van der Waals surface area contributed by atoms with Crippen molar-refractivity contribution >= 4 is 0 Å². The molecular formula is C10H16FN3. The fourth-order valence-corrected chi connectivity index (χ4v) is 1.27. The van der Waals surface area contributed by atoms with Gasteiger partial charge in [0, 0.05) is 20.6 Å². The Hall–Kier alpha value is -0.970. The van der Waals surface area contributed by atoms with Gasteiger partial charge in [0.1, 0.15) is 5.82 Å². The van der Waals surface area contributed by atoms with Crippen LogP contribution in [0.2, 0.25) is 0 Å². The van der Waals surface area contributed by atoms with E-state index in [1.54, 1.807) is 12.1 Å². The first kappa shape index (κ1) is 11.1. The molecule has 4 heteroatoms. The van der Waals surface area contributed by atoms with E-state index in [9.17, 15) is 4.39 Å². The van der Waals surface area contributed by atoms with E-state index in [1.807, 2.05) is 19.1 Å². The van der Waals surface area contributed by atoms with E-state index >= 15 is 0 Å². The van der Waals surface area contributed by atoms with Gasteiger partial charge in [-0.3, -0.25) is 0 Å². The molecule has 0 heterocycles. The third kappa shape index (κ3) is 3.06. The van der Waals surface area contributed by atoms with E-state index in [0.29, 0.717) is 6.54 Å². The lowest BCUT2D eigenvalue weighted by Gasteiger charge is -2.21. The van der Waals surface area contributed by atoms with Crippen molar-refractivity contribution in [3.05, 3.63) is 35.6 Å². The molecule has 0 aliphatic heterocycles. The maximum absolute atomic E-state index is 12.7. The first-order valence-corrected chi connectivity index (χ1v) is 4.52. The van der Waals surface area contributed by atoms with E-state index in [4.69, 9.17) is 5.73 Å². The Morgan fingerprint density at radius 2 is 1.93 bits per heavy atom. The molecule has 1 atom stereocenters. The van der Waals surface area contributed by atoms with Crippen molar-refractivity contribution in [2.45, 2.75) is 6.04 Å². The molecule has 1 aromatic rings. The van der Waals surface area contributed by atoms with Crippen LogP contribution in [0.5, 0.6) is 0 Å². The van der Waals surface area contributed by atoms with Crippen molar-refractivity contribution in [1.82, 2.24) is 10.4 Å². The quantitative estimate of drug-likeness (QED) is 0.704. The average Bonchev–Trinajstić information content (AvgIpc) is 2.15. The van der Waals surface area contributed by atoms with E-state index < -0.39 is 0 Å². The highest BCUT2D eigenvalue weighted by Gasteiger charge is 2.09. The Morgan fingerprint density at radius 3 is 2.36 bits per heavy atom. The fourth-order valence-electron chi connectivity index (χ4n) is 1.27. The van der Waals surface area contributed by atoms with Crippen LogP contribution >= 0.6 is 0 Å². The van der Waals surface area contributed by atoms with E-state index in [2.05, 4.69) is 5.43 Å². The summed E-state index contributed by atoms with van der Waals surface area (Å²) in [5, 5.41) is 1.83. The van der Waals surface area contributed by atoms with Crippen molar-refractivity contribution in [2.75, 3.05) is 20.6 Å². The first-order chi connectivity index (χ1) is 6.63. The number of nitrogens with one attached hydrogen (secondary N) is 1. The molecule has 3 N–H and O–H groups in total. The van der Waals surface area contributed by atoms with Crippen molar-refractivity contribution < 1.29 is 4.39 Å². The second-order valence-corrected chi connectivity index (χ2v) is 3.36. The standard InChI is InChI=1S/C10H16FN3/c1-14(2)13-10(7-12)8-3-5-9(11)6-4-8/h3-6,10,13H,7,12H2,1-2H3. The molecule has 1 unspecified atom stereocenters. The van der Waals surface area contributed by atoms with Crippen LogP contribution in [0.15, 0.2) is 24.3 Å². The average molecular weight is 197 g/mol. The molecule has 1 aromatic carbocycles. The molecule has 0 fully saturated rings. The molecule has 0 aliphatic carbocycles. The monoisotopic (exact) mass is 197 g/mol. The van der Waals surface area contributed by atoms with Gasteiger partial charge in [-0.05, 0) is 17.7 Å². The van der Waals surface area contributed by atoms with Crippen LogP contribution in [-0.4, -0.2) is 25.6 Å². The summed E-state index contributed by atoms with van der Waals surface area (Å²) in [5.74, 6) is -0.227. The van der Waals surface area contributed by atoms with Crippen molar-refractivity contribution in [1.29, 1.82) is 0 Å². The highest BCUT2D eigenvalue weighted by molar-refractivity contribution is 5.19. The zero-order valence-electron chi connectivity index (χ0n) is 8.50. The Kier molecular flexibility index (Phi) is 4.00. The van der Waals surface area contributed by atoms with Crippen molar-refractivity contribution in [3.8, 4) is 0 Å². The lowest BCUT2D eigenvalue weighted by molar-refractivity contribution is 0.245. The maximum Gasteiger partial charge on any atom is 0.123 e. The maximum atomic E-state index is 12.7. The third-order valence-electron chi connectivity index (χ3n) is 1.92. The van der Waals surface area contributed by atoms with Gasteiger partial charge in [-0.25, -0.2) is 14.8 Å². The topological polar surface area (TPSA) is 41.3 Å². The number of nitrogens with two attached hydrogens (primary N) is 1. The highest BCUT2D eigenvalue weighted by Crippen LogP contribution is 2.12. The largest absolute Gasteiger partial charge is 0.329 e. The SMILES string of the molecule is CN(C)NC(CN)c1ccc(F)cc1. The molecule has 78 valence electrons. The van der Waals surface area contributed by atoms with Crippen LogP contribution < -0.4 is 11.2 Å². The molecular weight excluding hydrogens is 181 g/mol. The minimum Gasteiger partial charge on any atom is -0.329 e. The van der Waals surface area contributed by atoms with Crippen LogP contribution in [0.4, 0.5) is 4.39 Å². The Labute approximate surface area is 83.7 Å². The predicted octanol–water partition coefficient (Wildman–Crippen LogP) is 0.892. The lowest BCUT2D eigenvalue weighted by atomic mass is 10.1. The number of rotatable bonds is 4. The lowest BCUT2D eigenvalue weighted by Crippen LogP contribution is -2.37. The van der Waals surface area contributed by atoms with Crippen molar-refractivity contribution in [3.63, 3.8) is 0 Å². The molecule has 0 bridgehead atoms. The van der Waals surface area contributed by atoms with Crippen LogP contribution in [-0.2, 0) is 0 Å². The van der Waals surface area contributed by atoms with Gasteiger partial charge in [0.2, 0.25) is 0 Å². The summed E-state index contributed by atoms with van der Waals surface area (Å²) in [6.45, 7) is 0.476. The second-order valence-electron chi connectivity index (χ2n) is 3.36. The Bertz CT molecular complexity index is 271. The minimum atomic E-state index is -0.227. The van der Waals surface area contributed by atoms with Crippen LogP contribution in [0, 0.1) is 5.82 Å². The predicted molar refractivity (Wildman–Crippen MR) is 55.0 cm³/mol. The van der Waals surface area contributed by atoms with Gasteiger partial charge in [0.25, 0.3) is 0 Å². The third-order valence-corrected chi connectivity index (χ3v) is 1.92. The molecule has 0 aromatic heterocycles. The zero-order chi connectivity index (χ0) is 10.6.